The van der Waals surface area contributed by atoms with Crippen molar-refractivity contribution in [3.63, 3.8) is 0 Å². The number of nitrogens with two attached hydrogens (primary N) is 2. The van der Waals surface area contributed by atoms with Crippen LogP contribution in [0.1, 0.15) is 33.5 Å². The van der Waals surface area contributed by atoms with E-state index in [4.69, 9.17) is 23.1 Å². The van der Waals surface area contributed by atoms with Crippen molar-refractivity contribution in [1.82, 2.24) is 0 Å². The number of carbonyl (C=O) groups is 1. The zero-order valence-electron chi connectivity index (χ0n) is 12.7. The Kier molecular flexibility index (Phi) is 4.36. The fraction of sp³-hybridized carbons (Fsp3) is 0.111. The maximum atomic E-state index is 13.4. The molecular weight excluding hydrogens is 329 g/mol. The summed E-state index contributed by atoms with van der Waals surface area (Å²) in [5.74, 6) is -1.24. The number of hydrogen-bond acceptors (Lipinski definition) is 1. The third-order valence-corrected chi connectivity index (χ3v) is 4.16. The van der Waals surface area contributed by atoms with Gasteiger partial charge < -0.3 is 11.5 Å². The number of fused-ring (bicyclic) bond motifs is 1. The molecule has 1 amide bonds. The highest BCUT2D eigenvalue weighted by atomic mass is 35.5. The molecule has 4 nitrogen and oxygen atoms in total. The molecule has 0 unspecified atom stereocenters. The molecule has 24 heavy (non-hydrogen) atoms. The van der Waals surface area contributed by atoms with E-state index in [-0.39, 0.29) is 11.0 Å². The van der Waals surface area contributed by atoms with Crippen molar-refractivity contribution >= 4 is 29.0 Å². The molecule has 0 saturated heterocycles. The minimum Gasteiger partial charge on any atom is -0.370 e. The summed E-state index contributed by atoms with van der Waals surface area (Å²) >= 11 is 5.90. The lowest BCUT2D eigenvalue weighted by Gasteiger charge is -2.19. The molecule has 0 fully saturated rings. The van der Waals surface area contributed by atoms with Crippen LogP contribution in [0.4, 0.5) is 4.39 Å². The zero-order chi connectivity index (χ0) is 17.3. The van der Waals surface area contributed by atoms with Crippen molar-refractivity contribution < 1.29 is 9.18 Å². The minimum absolute atomic E-state index is 0.0632. The van der Waals surface area contributed by atoms with Crippen molar-refractivity contribution in [2.24, 2.45) is 16.5 Å². The normalized spacial score (nSPS) is 13.0. The first-order chi connectivity index (χ1) is 11.5. The third kappa shape index (κ3) is 3.16. The van der Waals surface area contributed by atoms with Crippen molar-refractivity contribution in [2.75, 3.05) is 0 Å². The summed E-state index contributed by atoms with van der Waals surface area (Å²) < 4.78 is 13.4. The number of aryl methyl sites for hydroxylation is 1. The van der Waals surface area contributed by atoms with Gasteiger partial charge in [0.1, 0.15) is 5.82 Å². The molecule has 0 bridgehead atoms. The fourth-order valence-electron chi connectivity index (χ4n) is 2.78. The zero-order valence-corrected chi connectivity index (χ0v) is 13.5. The summed E-state index contributed by atoms with van der Waals surface area (Å²) in [4.78, 5) is 15.6. The highest BCUT2D eigenvalue weighted by Gasteiger charge is 2.17. The number of aliphatic imine (C=N–C) groups is 1. The van der Waals surface area contributed by atoms with Gasteiger partial charge in [0.2, 0.25) is 0 Å². The molecule has 0 radical (unpaired) electrons. The first-order valence-electron chi connectivity index (χ1n) is 7.38. The van der Waals surface area contributed by atoms with Gasteiger partial charge in [0.15, 0.2) is 5.96 Å². The number of amides is 1. The molecule has 1 aliphatic carbocycles. The van der Waals surface area contributed by atoms with Crippen LogP contribution >= 0.6 is 11.6 Å². The summed E-state index contributed by atoms with van der Waals surface area (Å²) in [6, 6.07) is 9.94. The average Bonchev–Trinajstić information content (AvgIpc) is 2.55. The molecule has 0 spiro atoms. The molecule has 6 heteroatoms. The van der Waals surface area contributed by atoms with Gasteiger partial charge in [0.05, 0.1) is 5.02 Å². The summed E-state index contributed by atoms with van der Waals surface area (Å²) in [5.41, 5.74) is 14.6. The molecule has 0 aromatic heterocycles. The monoisotopic (exact) mass is 343 g/mol. The topological polar surface area (TPSA) is 81.5 Å². The number of carbonyl (C=O) groups excluding carboxylic acids is 1. The highest BCUT2D eigenvalue weighted by Crippen LogP contribution is 2.34. The van der Waals surface area contributed by atoms with Crippen molar-refractivity contribution in [1.29, 1.82) is 0 Å². The van der Waals surface area contributed by atoms with Crippen molar-refractivity contribution in [3.05, 3.63) is 75.6 Å². The number of halogens is 2. The summed E-state index contributed by atoms with van der Waals surface area (Å²) in [5, 5.41) is 0.0632. The lowest BCUT2D eigenvalue weighted by molar-refractivity contribution is 0.100. The largest absolute Gasteiger partial charge is 0.370 e. The smallest absolute Gasteiger partial charge is 0.280 e. The van der Waals surface area contributed by atoms with E-state index in [1.165, 1.54) is 6.07 Å². The van der Waals surface area contributed by atoms with E-state index in [2.05, 4.69) is 11.1 Å². The number of guanidine groups is 1. The number of benzene rings is 2. The Labute approximate surface area is 143 Å². The molecule has 0 heterocycles. The first-order valence-corrected chi connectivity index (χ1v) is 7.76. The average molecular weight is 344 g/mol. The maximum Gasteiger partial charge on any atom is 0.280 e. The summed E-state index contributed by atoms with van der Waals surface area (Å²) in [6.45, 7) is 0. The Morgan fingerprint density at radius 1 is 1.17 bits per heavy atom. The molecule has 122 valence electrons. The van der Waals surface area contributed by atoms with Crippen molar-refractivity contribution in [3.8, 4) is 0 Å². The standard InChI is InChI=1S/C18H15ClFN3O/c19-15-9-11(6-7-16(15)20)13-3-1-2-10-4-5-12(8-14(10)13)17(24)23-18(21)22/h3-9H,1-2H2,(H4,21,22,23,24). The Morgan fingerprint density at radius 3 is 2.67 bits per heavy atom. The van der Waals surface area contributed by atoms with E-state index < -0.39 is 11.7 Å². The molecule has 4 N–H and O–H groups in total. The lowest BCUT2D eigenvalue weighted by atomic mass is 9.86. The molecule has 2 aromatic rings. The second kappa shape index (κ2) is 6.45. The van der Waals surface area contributed by atoms with Gasteiger partial charge in [-0.05, 0) is 59.4 Å². The van der Waals surface area contributed by atoms with Gasteiger partial charge >= 0.3 is 0 Å². The van der Waals surface area contributed by atoms with E-state index in [1.807, 2.05) is 6.07 Å². The van der Waals surface area contributed by atoms with Gasteiger partial charge in [0.25, 0.3) is 5.91 Å². The Bertz CT molecular complexity index is 886. The summed E-state index contributed by atoms with van der Waals surface area (Å²) in [6.07, 6.45) is 3.78. The maximum absolute atomic E-state index is 13.4. The van der Waals surface area contributed by atoms with Gasteiger partial charge in [-0.1, -0.05) is 29.8 Å². The van der Waals surface area contributed by atoms with Crippen LogP contribution in [-0.2, 0) is 6.42 Å². The molecular formula is C18H15ClFN3O. The van der Waals surface area contributed by atoms with Crippen LogP contribution < -0.4 is 11.5 Å². The second-order valence-corrected chi connectivity index (χ2v) is 5.91. The molecule has 2 aromatic carbocycles. The highest BCUT2D eigenvalue weighted by molar-refractivity contribution is 6.31. The number of nitrogens with zero attached hydrogens (tertiary/aromatic N) is 1. The first kappa shape index (κ1) is 16.2. The second-order valence-electron chi connectivity index (χ2n) is 5.50. The van der Waals surface area contributed by atoms with Gasteiger partial charge in [-0.25, -0.2) is 4.39 Å². The number of hydrogen-bond donors (Lipinski definition) is 2. The van der Waals surface area contributed by atoms with Gasteiger partial charge in [-0.2, -0.15) is 4.99 Å². The van der Waals surface area contributed by atoms with E-state index in [1.54, 1.807) is 24.3 Å². The molecule has 0 atom stereocenters. The Hall–Kier alpha value is -2.66. The van der Waals surface area contributed by atoms with Crippen LogP contribution in [-0.4, -0.2) is 11.9 Å². The number of allylic oxidation sites excluding steroid dienone is 1. The summed E-state index contributed by atoms with van der Waals surface area (Å²) in [7, 11) is 0. The van der Waals surface area contributed by atoms with Crippen LogP contribution in [0.25, 0.3) is 5.57 Å². The predicted octanol–water partition coefficient (Wildman–Crippen LogP) is 3.27. The van der Waals surface area contributed by atoms with E-state index in [9.17, 15) is 9.18 Å². The minimum atomic E-state index is -0.500. The van der Waals surface area contributed by atoms with Crippen LogP contribution in [0.5, 0.6) is 0 Å². The molecule has 0 saturated carbocycles. The van der Waals surface area contributed by atoms with Crippen LogP contribution in [0.15, 0.2) is 47.5 Å². The number of rotatable bonds is 2. The van der Waals surface area contributed by atoms with Gasteiger partial charge in [-0.15, -0.1) is 0 Å². The Balaban J connectivity index is 2.07. The quantitative estimate of drug-likeness (QED) is 0.648. The van der Waals surface area contributed by atoms with Gasteiger partial charge in [0, 0.05) is 5.56 Å². The predicted molar refractivity (Wildman–Crippen MR) is 93.4 cm³/mol. The fourth-order valence-corrected chi connectivity index (χ4v) is 2.96. The molecule has 1 aliphatic rings. The van der Waals surface area contributed by atoms with E-state index in [0.717, 1.165) is 35.1 Å². The van der Waals surface area contributed by atoms with E-state index >= 15 is 0 Å². The molecule has 0 aliphatic heterocycles. The van der Waals surface area contributed by atoms with Crippen LogP contribution in [0, 0.1) is 5.82 Å². The van der Waals surface area contributed by atoms with Gasteiger partial charge in [-0.3, -0.25) is 4.79 Å². The molecule has 3 rings (SSSR count). The Morgan fingerprint density at radius 2 is 1.96 bits per heavy atom. The lowest BCUT2D eigenvalue weighted by Crippen LogP contribution is -2.24. The van der Waals surface area contributed by atoms with E-state index in [0.29, 0.717) is 5.56 Å². The van der Waals surface area contributed by atoms with Crippen LogP contribution in [0.2, 0.25) is 5.02 Å². The SMILES string of the molecule is NC(N)=NC(=O)c1ccc2c(c1)C(c1ccc(F)c(Cl)c1)=CCC2. The van der Waals surface area contributed by atoms with Crippen molar-refractivity contribution in [2.45, 2.75) is 12.8 Å². The third-order valence-electron chi connectivity index (χ3n) is 3.87. The van der Waals surface area contributed by atoms with Crippen LogP contribution in [0.3, 0.4) is 0 Å².